The van der Waals surface area contributed by atoms with Gasteiger partial charge in [-0.05, 0) is 84.9 Å². The second-order valence-corrected chi connectivity index (χ2v) is 26.4. The highest BCUT2D eigenvalue weighted by Gasteiger charge is 2.42. The van der Waals surface area contributed by atoms with Gasteiger partial charge in [-0.25, -0.2) is 24.1 Å². The van der Waals surface area contributed by atoms with E-state index in [1.807, 2.05) is 0 Å². The monoisotopic (exact) mass is 1300 g/mol. The van der Waals surface area contributed by atoms with E-state index in [1.165, 1.54) is 5.39 Å². The molecule has 10 nitrogen and oxygen atoms in total. The summed E-state index contributed by atoms with van der Waals surface area (Å²) in [5.41, 5.74) is 17.5. The van der Waals surface area contributed by atoms with E-state index in [4.69, 9.17) is 15.0 Å². The van der Waals surface area contributed by atoms with Crippen LogP contribution in [0.4, 0.5) is 0 Å². The lowest BCUT2D eigenvalue weighted by Gasteiger charge is -2.27. The van der Waals surface area contributed by atoms with Gasteiger partial charge in [0, 0.05) is 81.4 Å². The minimum absolute atomic E-state index is 0.476. The Morgan fingerprint density at radius 1 is 0.206 bits per heavy atom. The first-order chi connectivity index (χ1) is 50.7. The molecule has 14 aromatic carbocycles. The van der Waals surface area contributed by atoms with Crippen LogP contribution in [0.3, 0.4) is 0 Å². The van der Waals surface area contributed by atoms with Crippen molar-refractivity contribution in [2.45, 2.75) is 0 Å². The number of benzene rings is 14. The lowest BCUT2D eigenvalue weighted by molar-refractivity contribution is -0.708. The number of aromatic nitrogens is 10. The zero-order valence-corrected chi connectivity index (χ0v) is 54.9. The average molecular weight is 1300 g/mol. The highest BCUT2D eigenvalue weighted by atomic mass is 15.5. The first kappa shape index (κ1) is 56.1. The minimum Gasteiger partial charge on any atom is -0.309 e. The average Bonchev–Trinajstić information content (AvgIpc) is 1.39. The van der Waals surface area contributed by atoms with Crippen molar-refractivity contribution in [2.75, 3.05) is 0 Å². The lowest BCUT2D eigenvalue weighted by atomic mass is 10.1. The maximum atomic E-state index is 6.05. The van der Waals surface area contributed by atoms with Crippen LogP contribution in [0.25, 0.3) is 194 Å². The summed E-state index contributed by atoms with van der Waals surface area (Å²) in [4.78, 5) is 17.6. The molecule has 8 heterocycles. The number of hydrogen-bond donors (Lipinski definition) is 0. The number of pyridine rings is 1. The van der Waals surface area contributed by atoms with Crippen LogP contribution >= 0.6 is 0 Å². The van der Waals surface area contributed by atoms with E-state index in [1.54, 1.807) is 0 Å². The molecule has 0 bridgehead atoms. The largest absolute Gasteiger partial charge is 0.309 e. The zero-order chi connectivity index (χ0) is 66.7. The zero-order valence-electron chi connectivity index (χ0n) is 54.9. The third-order valence-corrected chi connectivity index (χ3v) is 21.1. The Kier molecular flexibility index (Phi) is 12.0. The Hall–Kier alpha value is -14.0. The standard InChI is InChI=1S/C92H57N10/c1-4-30-58(31-5-1)88-93-89(59-32-6-2-7-33-59)95-90(94-88)84-86(97-73-47-21-10-36-61(73)62-37-11-22-48-74(62)97)91(99-77-51-25-14-40-65(77)66-41-15-26-52-78(66)99)102(101-81-55-29-19-45-71(81)83-82(101)57-56-70-69-44-18-20-46-72(69)96(85(70)83)60-34-8-3-9-35-60)92(100-79-53-27-16-42-67(79)68-43-17-28-54-80(68)100)87(84)98-75-49-23-12-38-63(75)64-39-13-24-50-76(64)98/h1-57H/q+1. The van der Waals surface area contributed by atoms with Crippen molar-refractivity contribution < 1.29 is 4.68 Å². The van der Waals surface area contributed by atoms with Gasteiger partial charge in [0.25, 0.3) is 11.6 Å². The number of rotatable bonds is 9. The molecule has 0 aliphatic carbocycles. The van der Waals surface area contributed by atoms with Crippen molar-refractivity contribution in [3.05, 3.63) is 346 Å². The quantitative estimate of drug-likeness (QED) is 0.135. The fourth-order valence-electron chi connectivity index (χ4n) is 17.0. The first-order valence-corrected chi connectivity index (χ1v) is 34.7. The summed E-state index contributed by atoms with van der Waals surface area (Å²) < 4.78 is 17.8. The third-order valence-electron chi connectivity index (χ3n) is 21.1. The molecule has 22 aromatic rings. The molecule has 22 rings (SSSR count). The molecule has 0 amide bonds. The highest BCUT2D eigenvalue weighted by Crippen LogP contribution is 2.50. The van der Waals surface area contributed by atoms with E-state index in [2.05, 4.69) is 378 Å². The third kappa shape index (κ3) is 7.88. The predicted octanol–water partition coefficient (Wildman–Crippen LogP) is 22.1. The van der Waals surface area contributed by atoms with Crippen molar-refractivity contribution in [1.29, 1.82) is 0 Å². The molecule has 474 valence electrons. The molecule has 0 aliphatic rings. The van der Waals surface area contributed by atoms with Crippen molar-refractivity contribution in [3.63, 3.8) is 0 Å². The van der Waals surface area contributed by atoms with Crippen LogP contribution in [0.15, 0.2) is 346 Å². The van der Waals surface area contributed by atoms with Crippen molar-refractivity contribution in [2.24, 2.45) is 0 Å². The van der Waals surface area contributed by atoms with Crippen molar-refractivity contribution in [3.8, 4) is 62.9 Å². The molecule has 0 N–H and O–H groups in total. The van der Waals surface area contributed by atoms with Gasteiger partial charge in [-0.1, -0.05) is 261 Å². The molecule has 0 saturated carbocycles. The van der Waals surface area contributed by atoms with Gasteiger partial charge in [-0.15, -0.1) is 4.68 Å². The summed E-state index contributed by atoms with van der Waals surface area (Å²) in [6, 6.07) is 126. The number of fused-ring (bicyclic) bond motifs is 19. The van der Waals surface area contributed by atoms with Crippen molar-refractivity contribution >= 4 is 131 Å². The Balaban J connectivity index is 1.11. The molecule has 0 saturated heterocycles. The van der Waals surface area contributed by atoms with Crippen LogP contribution in [-0.4, -0.2) is 42.5 Å². The Morgan fingerprint density at radius 2 is 0.490 bits per heavy atom. The van der Waals surface area contributed by atoms with E-state index in [9.17, 15) is 0 Å². The molecule has 0 fully saturated rings. The smallest absolute Gasteiger partial charge is 0.282 e. The van der Waals surface area contributed by atoms with Crippen LogP contribution in [0.1, 0.15) is 0 Å². The summed E-state index contributed by atoms with van der Waals surface area (Å²) in [5.74, 6) is 3.20. The van der Waals surface area contributed by atoms with Crippen LogP contribution in [0.2, 0.25) is 0 Å². The summed E-state index contributed by atoms with van der Waals surface area (Å²) in [6.07, 6.45) is 0. The number of nitrogens with zero attached hydrogens (tertiary/aromatic N) is 10. The fraction of sp³-hybridized carbons (Fsp3) is 0. The van der Waals surface area contributed by atoms with E-state index < -0.39 is 0 Å². The molecule has 0 atom stereocenters. The van der Waals surface area contributed by atoms with Crippen LogP contribution in [-0.2, 0) is 0 Å². The molecular weight excluding hydrogens is 1250 g/mol. The summed E-state index contributed by atoms with van der Waals surface area (Å²) in [6.45, 7) is 0. The van der Waals surface area contributed by atoms with Crippen LogP contribution in [0, 0.1) is 0 Å². The van der Waals surface area contributed by atoms with E-state index >= 15 is 0 Å². The van der Waals surface area contributed by atoms with E-state index in [0.717, 1.165) is 171 Å². The SMILES string of the molecule is c1ccc(-c2nc(-c3ccccc3)nc(-c3c(-n4c5ccccc5c5ccccc54)c(-n4c5ccccc5c5ccccc54)[n+](-n4c5ccccc5c5c6c(ccc54)c4ccccc4n6-c4ccccc4)c(-n4c5ccccc5c5ccccc54)c3-n3c4ccccc4c4ccccc43)n2)cc1. The fourth-order valence-corrected chi connectivity index (χ4v) is 17.0. The summed E-state index contributed by atoms with van der Waals surface area (Å²) in [5, 5.41) is 13.3. The lowest BCUT2D eigenvalue weighted by Crippen LogP contribution is -2.51. The molecule has 10 heteroatoms. The van der Waals surface area contributed by atoms with Gasteiger partial charge in [0.2, 0.25) is 0 Å². The number of para-hydroxylation sites is 11. The summed E-state index contributed by atoms with van der Waals surface area (Å²) in [7, 11) is 0. The maximum Gasteiger partial charge on any atom is 0.282 e. The maximum absolute atomic E-state index is 6.05. The van der Waals surface area contributed by atoms with E-state index in [-0.39, 0.29) is 0 Å². The van der Waals surface area contributed by atoms with Gasteiger partial charge >= 0.3 is 0 Å². The van der Waals surface area contributed by atoms with Gasteiger partial charge in [-0.2, -0.15) is 4.68 Å². The first-order valence-electron chi connectivity index (χ1n) is 34.7. The second kappa shape index (κ2) is 21.8. The van der Waals surface area contributed by atoms with Gasteiger partial charge in [0.05, 0.1) is 49.7 Å². The van der Waals surface area contributed by atoms with Crippen LogP contribution in [0.5, 0.6) is 0 Å². The van der Waals surface area contributed by atoms with Gasteiger partial charge in [0.1, 0.15) is 33.4 Å². The normalized spacial score (nSPS) is 12.1. The van der Waals surface area contributed by atoms with Gasteiger partial charge in [0.15, 0.2) is 17.5 Å². The second-order valence-electron chi connectivity index (χ2n) is 26.4. The van der Waals surface area contributed by atoms with Crippen LogP contribution < -0.4 is 4.68 Å². The Labute approximate surface area is 583 Å². The van der Waals surface area contributed by atoms with Gasteiger partial charge in [-0.3, -0.25) is 0 Å². The minimum atomic E-state index is 0.476. The molecule has 0 spiro atoms. The molecule has 8 aromatic heterocycles. The predicted molar refractivity (Wildman–Crippen MR) is 418 cm³/mol. The molecular formula is C92H57N10+. The highest BCUT2D eigenvalue weighted by molar-refractivity contribution is 6.26. The topological polar surface area (TPSA) is 72.1 Å². The molecule has 0 aliphatic heterocycles. The summed E-state index contributed by atoms with van der Waals surface area (Å²) >= 11 is 0. The van der Waals surface area contributed by atoms with Crippen molar-refractivity contribution in [1.82, 2.24) is 42.5 Å². The Morgan fingerprint density at radius 3 is 0.863 bits per heavy atom. The molecule has 0 unspecified atom stereocenters. The number of hydrogen-bond acceptors (Lipinski definition) is 3. The molecule has 102 heavy (non-hydrogen) atoms. The van der Waals surface area contributed by atoms with E-state index in [0.29, 0.717) is 17.5 Å². The van der Waals surface area contributed by atoms with Gasteiger partial charge < -0.3 is 13.7 Å². The Bertz CT molecular complexity index is 6730. The molecule has 0 radical (unpaired) electrons.